The largest absolute Gasteiger partial charge is 0.617 e. The lowest BCUT2D eigenvalue weighted by Crippen LogP contribution is -2.29. The summed E-state index contributed by atoms with van der Waals surface area (Å²) in [6.45, 7) is 0. The number of nitrogens with zero attached hydrogens (tertiary/aromatic N) is 1. The molecule has 0 radical (unpaired) electrons. The van der Waals surface area contributed by atoms with Gasteiger partial charge in [0.15, 0.2) is 0 Å². The number of methoxy groups -OCH3 is 1. The standard InChI is InChI=1S/C16H13NO2S/c1-19-13-8-9-15-12(11-13)7-10-16(17(15)18)20-14-5-3-2-4-6-14/h2-11H,1H3. The SMILES string of the molecule is COc1ccc2c(ccc(Sc3ccccc3)[n+]2[O-])c1. The van der Waals surface area contributed by atoms with Crippen LogP contribution in [0.5, 0.6) is 5.75 Å². The molecule has 0 fully saturated rings. The third kappa shape index (κ3) is 2.42. The lowest BCUT2D eigenvalue weighted by Gasteiger charge is -2.08. The molecule has 100 valence electrons. The monoisotopic (exact) mass is 283 g/mol. The number of pyridine rings is 1. The van der Waals surface area contributed by atoms with Crippen LogP contribution in [0, 0.1) is 5.21 Å². The fourth-order valence-corrected chi connectivity index (χ4v) is 2.86. The summed E-state index contributed by atoms with van der Waals surface area (Å²) < 4.78 is 6.14. The minimum atomic E-state index is 0.645. The second kappa shape index (κ2) is 5.43. The van der Waals surface area contributed by atoms with Gasteiger partial charge in [-0.15, -0.1) is 0 Å². The summed E-state index contributed by atoms with van der Waals surface area (Å²) in [7, 11) is 1.62. The van der Waals surface area contributed by atoms with Crippen molar-refractivity contribution in [2.24, 2.45) is 0 Å². The molecular formula is C16H13NO2S. The molecule has 0 spiro atoms. The second-order valence-electron chi connectivity index (χ2n) is 4.31. The summed E-state index contributed by atoms with van der Waals surface area (Å²) in [5.74, 6) is 0.751. The van der Waals surface area contributed by atoms with E-state index in [0.29, 0.717) is 10.5 Å². The Morgan fingerprint density at radius 1 is 1.00 bits per heavy atom. The summed E-state index contributed by atoms with van der Waals surface area (Å²) in [6.07, 6.45) is 0. The molecule has 0 aliphatic heterocycles. The van der Waals surface area contributed by atoms with E-state index >= 15 is 0 Å². The summed E-state index contributed by atoms with van der Waals surface area (Å²) in [4.78, 5) is 1.05. The summed E-state index contributed by atoms with van der Waals surface area (Å²) in [5.41, 5.74) is 0.645. The van der Waals surface area contributed by atoms with Crippen molar-refractivity contribution in [1.82, 2.24) is 0 Å². The van der Waals surface area contributed by atoms with Gasteiger partial charge in [0.2, 0.25) is 5.52 Å². The summed E-state index contributed by atoms with van der Waals surface area (Å²) >= 11 is 1.46. The van der Waals surface area contributed by atoms with Crippen LogP contribution in [0.4, 0.5) is 0 Å². The van der Waals surface area contributed by atoms with Crippen molar-refractivity contribution in [3.8, 4) is 5.75 Å². The molecule has 20 heavy (non-hydrogen) atoms. The minimum absolute atomic E-state index is 0.645. The summed E-state index contributed by atoms with van der Waals surface area (Å²) in [6, 6.07) is 19.1. The van der Waals surface area contributed by atoms with Gasteiger partial charge in [0.1, 0.15) is 5.75 Å². The molecule has 3 nitrogen and oxygen atoms in total. The number of rotatable bonds is 3. The highest BCUT2D eigenvalue weighted by Crippen LogP contribution is 2.27. The van der Waals surface area contributed by atoms with Crippen molar-refractivity contribution in [2.75, 3.05) is 7.11 Å². The van der Waals surface area contributed by atoms with Gasteiger partial charge < -0.3 is 9.94 Å². The molecule has 0 aliphatic rings. The van der Waals surface area contributed by atoms with E-state index in [9.17, 15) is 5.21 Å². The van der Waals surface area contributed by atoms with Gasteiger partial charge in [-0.3, -0.25) is 0 Å². The number of hydrogen-bond acceptors (Lipinski definition) is 3. The van der Waals surface area contributed by atoms with Crippen molar-refractivity contribution in [3.05, 3.63) is 65.9 Å². The zero-order valence-corrected chi connectivity index (χ0v) is 11.8. The van der Waals surface area contributed by atoms with Crippen molar-refractivity contribution in [3.63, 3.8) is 0 Å². The Balaban J connectivity index is 2.03. The lowest BCUT2D eigenvalue weighted by atomic mass is 10.2. The first kappa shape index (κ1) is 12.8. The highest BCUT2D eigenvalue weighted by molar-refractivity contribution is 7.99. The molecular weight excluding hydrogens is 270 g/mol. The van der Waals surface area contributed by atoms with Crippen molar-refractivity contribution in [2.45, 2.75) is 9.92 Å². The van der Waals surface area contributed by atoms with E-state index in [4.69, 9.17) is 4.74 Å². The van der Waals surface area contributed by atoms with Gasteiger partial charge in [-0.2, -0.15) is 4.73 Å². The van der Waals surface area contributed by atoms with Gasteiger partial charge >= 0.3 is 0 Å². The van der Waals surface area contributed by atoms with E-state index in [1.165, 1.54) is 11.8 Å². The Kier molecular flexibility index (Phi) is 3.48. The van der Waals surface area contributed by atoms with Gasteiger partial charge in [-0.1, -0.05) is 18.2 Å². The third-order valence-electron chi connectivity index (χ3n) is 3.02. The predicted molar refractivity (Wildman–Crippen MR) is 80.0 cm³/mol. The topological polar surface area (TPSA) is 36.2 Å². The van der Waals surface area contributed by atoms with Crippen LogP contribution in [0.15, 0.2) is 70.6 Å². The first-order valence-corrected chi connectivity index (χ1v) is 7.03. The highest BCUT2D eigenvalue weighted by atomic mass is 32.2. The predicted octanol–water partition coefficient (Wildman–Crippen LogP) is 3.63. The molecule has 0 amide bonds. The van der Waals surface area contributed by atoms with E-state index in [1.54, 1.807) is 19.2 Å². The molecule has 0 saturated heterocycles. The fourth-order valence-electron chi connectivity index (χ4n) is 2.01. The zero-order chi connectivity index (χ0) is 13.9. The second-order valence-corrected chi connectivity index (χ2v) is 5.40. The average molecular weight is 283 g/mol. The molecule has 2 aromatic carbocycles. The van der Waals surface area contributed by atoms with Gasteiger partial charge in [-0.05, 0) is 42.1 Å². The molecule has 1 heterocycles. The minimum Gasteiger partial charge on any atom is -0.617 e. The summed E-state index contributed by atoms with van der Waals surface area (Å²) in [5, 5.41) is 13.9. The molecule has 3 rings (SSSR count). The Hall–Kier alpha value is -2.20. The molecule has 0 saturated carbocycles. The van der Waals surface area contributed by atoms with E-state index in [1.807, 2.05) is 48.5 Å². The van der Waals surface area contributed by atoms with E-state index in [2.05, 4.69) is 0 Å². The molecule has 0 unspecified atom stereocenters. The van der Waals surface area contributed by atoms with Crippen LogP contribution in [0.2, 0.25) is 0 Å². The Morgan fingerprint density at radius 3 is 2.55 bits per heavy atom. The van der Waals surface area contributed by atoms with Gasteiger partial charge in [-0.25, -0.2) is 0 Å². The molecule has 1 aromatic heterocycles. The number of ether oxygens (including phenoxy) is 1. The van der Waals surface area contributed by atoms with E-state index in [-0.39, 0.29) is 0 Å². The van der Waals surface area contributed by atoms with Gasteiger partial charge in [0.25, 0.3) is 5.03 Å². The quantitative estimate of drug-likeness (QED) is 0.544. The molecule has 0 atom stereocenters. The Bertz CT molecular complexity index is 744. The maximum atomic E-state index is 12.4. The van der Waals surface area contributed by atoms with Crippen LogP contribution in [-0.2, 0) is 0 Å². The van der Waals surface area contributed by atoms with Crippen LogP contribution in [0.1, 0.15) is 0 Å². The smallest absolute Gasteiger partial charge is 0.256 e. The fraction of sp³-hybridized carbons (Fsp3) is 0.0625. The third-order valence-corrected chi connectivity index (χ3v) is 4.04. The van der Waals surface area contributed by atoms with Crippen molar-refractivity contribution >= 4 is 22.7 Å². The van der Waals surface area contributed by atoms with Crippen LogP contribution in [-0.4, -0.2) is 7.11 Å². The van der Waals surface area contributed by atoms with Gasteiger partial charge in [0.05, 0.1) is 12.5 Å². The van der Waals surface area contributed by atoms with E-state index < -0.39 is 0 Å². The number of benzene rings is 2. The van der Waals surface area contributed by atoms with Gasteiger partial charge in [0, 0.05) is 17.0 Å². The average Bonchev–Trinajstić information content (AvgIpc) is 2.51. The lowest BCUT2D eigenvalue weighted by molar-refractivity contribution is -0.618. The normalized spacial score (nSPS) is 10.7. The molecule has 3 aromatic rings. The zero-order valence-electron chi connectivity index (χ0n) is 10.9. The molecule has 0 bridgehead atoms. The first-order chi connectivity index (χ1) is 9.78. The molecule has 0 aliphatic carbocycles. The first-order valence-electron chi connectivity index (χ1n) is 6.21. The number of aromatic nitrogens is 1. The van der Waals surface area contributed by atoms with Crippen molar-refractivity contribution in [1.29, 1.82) is 0 Å². The van der Waals surface area contributed by atoms with Crippen molar-refractivity contribution < 1.29 is 9.47 Å². The highest BCUT2D eigenvalue weighted by Gasteiger charge is 2.12. The molecule has 0 N–H and O–H groups in total. The van der Waals surface area contributed by atoms with Crippen LogP contribution < -0.4 is 9.47 Å². The maximum absolute atomic E-state index is 12.4. The van der Waals surface area contributed by atoms with Crippen LogP contribution in [0.25, 0.3) is 10.9 Å². The Morgan fingerprint density at radius 2 is 1.80 bits per heavy atom. The van der Waals surface area contributed by atoms with E-state index in [0.717, 1.165) is 20.8 Å². The Labute approximate surface area is 121 Å². The number of fused-ring (bicyclic) bond motifs is 1. The van der Waals surface area contributed by atoms with Crippen LogP contribution in [0.3, 0.4) is 0 Å². The molecule has 4 heteroatoms. The number of hydrogen-bond donors (Lipinski definition) is 0. The van der Waals surface area contributed by atoms with Crippen LogP contribution >= 0.6 is 11.8 Å². The maximum Gasteiger partial charge on any atom is 0.256 e.